The molecule has 1 aliphatic rings. The number of hydrogen-bond donors (Lipinski definition) is 4. The lowest BCUT2D eigenvalue weighted by Gasteiger charge is -2.21. The van der Waals surface area contributed by atoms with Crippen molar-refractivity contribution in [2.45, 2.75) is 78.0 Å². The Morgan fingerprint density at radius 3 is 2.52 bits per heavy atom. The van der Waals surface area contributed by atoms with Crippen LogP contribution in [0.5, 0.6) is 0 Å². The molecule has 0 radical (unpaired) electrons. The van der Waals surface area contributed by atoms with Crippen LogP contribution >= 0.6 is 0 Å². The van der Waals surface area contributed by atoms with Crippen molar-refractivity contribution in [3.05, 3.63) is 6.20 Å². The normalized spacial score (nSPS) is 16.9. The Kier molecular flexibility index (Phi) is 8.75. The SMILES string of the molecule is CC(C)(C)Nc1ncc(N)c(NCCC2CCCN2)n1.CC(C)(C)OC=O. The molecule has 154 valence electrons. The number of nitrogens with zero attached hydrogens (tertiary/aromatic N) is 2. The third-order valence-corrected chi connectivity index (χ3v) is 3.65. The Hall–Kier alpha value is -2.09. The van der Waals surface area contributed by atoms with Gasteiger partial charge >= 0.3 is 0 Å². The van der Waals surface area contributed by atoms with Crippen LogP contribution in [0.25, 0.3) is 0 Å². The molecule has 1 unspecified atom stereocenters. The molecule has 5 N–H and O–H groups in total. The highest BCUT2D eigenvalue weighted by atomic mass is 16.5. The maximum absolute atomic E-state index is 9.60. The first-order valence-corrected chi connectivity index (χ1v) is 9.49. The van der Waals surface area contributed by atoms with Crippen molar-refractivity contribution >= 4 is 23.9 Å². The van der Waals surface area contributed by atoms with Crippen LogP contribution in [-0.4, -0.2) is 46.7 Å². The van der Waals surface area contributed by atoms with Crippen LogP contribution < -0.4 is 21.7 Å². The second-order valence-electron chi connectivity index (χ2n) is 8.71. The molecular formula is C19H36N6O2. The molecule has 1 atom stereocenters. The topological polar surface area (TPSA) is 114 Å². The van der Waals surface area contributed by atoms with Crippen LogP contribution in [0.4, 0.5) is 17.5 Å². The van der Waals surface area contributed by atoms with Crippen molar-refractivity contribution in [3.8, 4) is 0 Å². The minimum atomic E-state index is -0.318. The van der Waals surface area contributed by atoms with Gasteiger partial charge in [-0.1, -0.05) is 0 Å². The zero-order valence-corrected chi connectivity index (χ0v) is 17.6. The van der Waals surface area contributed by atoms with E-state index in [-0.39, 0.29) is 11.1 Å². The Morgan fingerprint density at radius 1 is 1.33 bits per heavy atom. The fourth-order valence-corrected chi connectivity index (χ4v) is 2.44. The molecule has 8 heteroatoms. The summed E-state index contributed by atoms with van der Waals surface area (Å²) in [5, 5.41) is 10.0. The molecule has 27 heavy (non-hydrogen) atoms. The van der Waals surface area contributed by atoms with Gasteiger partial charge in [0, 0.05) is 18.1 Å². The van der Waals surface area contributed by atoms with Crippen molar-refractivity contribution < 1.29 is 9.53 Å². The van der Waals surface area contributed by atoms with Crippen molar-refractivity contribution in [2.75, 3.05) is 29.5 Å². The summed E-state index contributed by atoms with van der Waals surface area (Å²) in [6.45, 7) is 14.2. The molecule has 8 nitrogen and oxygen atoms in total. The van der Waals surface area contributed by atoms with E-state index in [1.807, 2.05) is 20.8 Å². The van der Waals surface area contributed by atoms with Crippen LogP contribution in [0.2, 0.25) is 0 Å². The Balaban J connectivity index is 0.000000445. The second-order valence-corrected chi connectivity index (χ2v) is 8.71. The van der Waals surface area contributed by atoms with E-state index in [9.17, 15) is 4.79 Å². The third-order valence-electron chi connectivity index (χ3n) is 3.65. The summed E-state index contributed by atoms with van der Waals surface area (Å²) in [5.41, 5.74) is 6.12. The standard InChI is InChI=1S/C14H26N6.C5H10O2/c1-14(2,3)20-13-18-9-11(15)12(19-13)17-8-6-10-5-4-7-16-10;1-5(2,3)7-4-6/h9-10,16H,4-8,15H2,1-3H3,(H2,17,18,19,20);4H,1-3H3. The maximum Gasteiger partial charge on any atom is 0.293 e. The summed E-state index contributed by atoms with van der Waals surface area (Å²) in [6, 6.07) is 0.623. The molecule has 2 rings (SSSR count). The van der Waals surface area contributed by atoms with E-state index < -0.39 is 0 Å². The van der Waals surface area contributed by atoms with Gasteiger partial charge in [0.15, 0.2) is 5.82 Å². The van der Waals surface area contributed by atoms with Crippen LogP contribution in [0.3, 0.4) is 0 Å². The molecule has 1 aromatic rings. The number of nitrogen functional groups attached to an aromatic ring is 1. The van der Waals surface area contributed by atoms with Crippen molar-refractivity contribution in [3.63, 3.8) is 0 Å². The minimum Gasteiger partial charge on any atom is -0.462 e. The van der Waals surface area contributed by atoms with Gasteiger partial charge in [-0.3, -0.25) is 4.79 Å². The number of ether oxygens (including phenoxy) is 1. The zero-order valence-electron chi connectivity index (χ0n) is 17.6. The van der Waals surface area contributed by atoms with E-state index in [1.54, 1.807) is 6.20 Å². The number of nitrogens with one attached hydrogen (secondary N) is 3. The lowest BCUT2D eigenvalue weighted by molar-refractivity contribution is -0.138. The van der Waals surface area contributed by atoms with Gasteiger partial charge < -0.3 is 26.4 Å². The van der Waals surface area contributed by atoms with E-state index in [0.29, 0.717) is 30.0 Å². The van der Waals surface area contributed by atoms with E-state index in [4.69, 9.17) is 5.73 Å². The summed E-state index contributed by atoms with van der Waals surface area (Å²) in [6.07, 6.45) is 5.28. The van der Waals surface area contributed by atoms with Gasteiger partial charge in [-0.25, -0.2) is 4.98 Å². The molecule has 0 aliphatic carbocycles. The minimum absolute atomic E-state index is 0.0683. The monoisotopic (exact) mass is 380 g/mol. The number of carbonyl (C=O) groups is 1. The average molecular weight is 381 g/mol. The summed E-state index contributed by atoms with van der Waals surface area (Å²) in [5.74, 6) is 1.32. The molecule has 0 saturated carbocycles. The first-order chi connectivity index (χ1) is 12.5. The van der Waals surface area contributed by atoms with Crippen LogP contribution in [0, 0.1) is 0 Å². The molecule has 0 bridgehead atoms. The number of hydrogen-bond acceptors (Lipinski definition) is 8. The smallest absolute Gasteiger partial charge is 0.293 e. The summed E-state index contributed by atoms with van der Waals surface area (Å²) < 4.78 is 4.55. The summed E-state index contributed by atoms with van der Waals surface area (Å²) in [4.78, 5) is 18.3. The van der Waals surface area contributed by atoms with Gasteiger partial charge in [-0.2, -0.15) is 4.98 Å². The molecule has 1 fully saturated rings. The molecule has 0 amide bonds. The van der Waals surface area contributed by atoms with Gasteiger partial charge in [0.1, 0.15) is 5.60 Å². The van der Waals surface area contributed by atoms with Gasteiger partial charge in [-0.15, -0.1) is 0 Å². The molecule has 2 heterocycles. The number of aromatic nitrogens is 2. The number of anilines is 3. The molecule has 1 aromatic heterocycles. The zero-order chi connectivity index (χ0) is 20.5. The number of carbonyl (C=O) groups excluding carboxylic acids is 1. The Labute approximate surface area is 163 Å². The Bertz CT molecular complexity index is 575. The van der Waals surface area contributed by atoms with E-state index >= 15 is 0 Å². The fraction of sp³-hybridized carbons (Fsp3) is 0.737. The second kappa shape index (κ2) is 10.3. The summed E-state index contributed by atoms with van der Waals surface area (Å²) >= 11 is 0. The first kappa shape index (κ1) is 23.0. The molecule has 1 saturated heterocycles. The van der Waals surface area contributed by atoms with Gasteiger partial charge in [-0.05, 0) is 67.3 Å². The Morgan fingerprint density at radius 2 is 2.04 bits per heavy atom. The molecular weight excluding hydrogens is 344 g/mol. The predicted molar refractivity (Wildman–Crippen MR) is 111 cm³/mol. The highest BCUT2D eigenvalue weighted by Gasteiger charge is 2.15. The quantitative estimate of drug-likeness (QED) is 0.557. The number of nitrogens with two attached hydrogens (primary N) is 1. The first-order valence-electron chi connectivity index (χ1n) is 9.49. The van der Waals surface area contributed by atoms with Gasteiger partial charge in [0.25, 0.3) is 6.47 Å². The van der Waals surface area contributed by atoms with Gasteiger partial charge in [0.05, 0.1) is 11.9 Å². The van der Waals surface area contributed by atoms with Crippen molar-refractivity contribution in [1.29, 1.82) is 0 Å². The lowest BCUT2D eigenvalue weighted by atomic mass is 10.1. The van der Waals surface area contributed by atoms with E-state index in [1.165, 1.54) is 12.8 Å². The van der Waals surface area contributed by atoms with Crippen molar-refractivity contribution in [1.82, 2.24) is 15.3 Å². The predicted octanol–water partition coefficient (Wildman–Crippen LogP) is 2.78. The fourth-order valence-electron chi connectivity index (χ4n) is 2.44. The highest BCUT2D eigenvalue weighted by Crippen LogP contribution is 2.18. The average Bonchev–Trinajstić information content (AvgIpc) is 3.02. The maximum atomic E-state index is 9.60. The van der Waals surface area contributed by atoms with Crippen LogP contribution in [0.1, 0.15) is 60.8 Å². The van der Waals surface area contributed by atoms with Crippen LogP contribution in [0.15, 0.2) is 6.20 Å². The largest absolute Gasteiger partial charge is 0.462 e. The molecule has 1 aliphatic heterocycles. The molecule has 0 aromatic carbocycles. The number of rotatable bonds is 6. The van der Waals surface area contributed by atoms with Crippen LogP contribution in [-0.2, 0) is 9.53 Å². The van der Waals surface area contributed by atoms with Crippen molar-refractivity contribution in [2.24, 2.45) is 0 Å². The van der Waals surface area contributed by atoms with E-state index in [2.05, 4.69) is 51.4 Å². The molecule has 0 spiro atoms. The van der Waals surface area contributed by atoms with Gasteiger partial charge in [0.2, 0.25) is 5.95 Å². The lowest BCUT2D eigenvalue weighted by Crippen LogP contribution is -2.28. The highest BCUT2D eigenvalue weighted by molar-refractivity contribution is 5.61. The summed E-state index contributed by atoms with van der Waals surface area (Å²) in [7, 11) is 0. The van der Waals surface area contributed by atoms with E-state index in [0.717, 1.165) is 19.5 Å². The third kappa shape index (κ3) is 10.6.